The maximum absolute atomic E-state index is 5.92. The van der Waals surface area contributed by atoms with Crippen LogP contribution in [0.25, 0.3) is 0 Å². The molecule has 2 aromatic rings. The zero-order chi connectivity index (χ0) is 15.8. The first-order chi connectivity index (χ1) is 9.68. The van der Waals surface area contributed by atoms with Gasteiger partial charge in [-0.3, -0.25) is 0 Å². The number of rotatable bonds is 3. The third-order valence-corrected chi connectivity index (χ3v) is 5.11. The van der Waals surface area contributed by atoms with Gasteiger partial charge in [-0.2, -0.15) is 0 Å². The van der Waals surface area contributed by atoms with Crippen LogP contribution in [0.15, 0.2) is 18.3 Å². The molecule has 0 saturated heterocycles. The summed E-state index contributed by atoms with van der Waals surface area (Å²) in [6, 6.07) is 4.71. The van der Waals surface area contributed by atoms with Gasteiger partial charge < -0.3 is 5.73 Å². The van der Waals surface area contributed by atoms with Crippen LogP contribution >= 0.6 is 11.3 Å². The lowest BCUT2D eigenvalue weighted by Crippen LogP contribution is -2.12. The summed E-state index contributed by atoms with van der Waals surface area (Å²) < 4.78 is 0. The number of nitrogens with zero attached hydrogens (tertiary/aromatic N) is 1. The fourth-order valence-corrected chi connectivity index (χ4v) is 3.36. The highest BCUT2D eigenvalue weighted by atomic mass is 32.1. The molecule has 1 heterocycles. The van der Waals surface area contributed by atoms with Crippen molar-refractivity contribution in [1.29, 1.82) is 0 Å². The van der Waals surface area contributed by atoms with Gasteiger partial charge in [0.25, 0.3) is 0 Å². The summed E-state index contributed by atoms with van der Waals surface area (Å²) >= 11 is 1.73. The zero-order valence-corrected chi connectivity index (χ0v) is 14.8. The molecule has 0 radical (unpaired) electrons. The lowest BCUT2D eigenvalue weighted by atomic mass is 9.83. The molecule has 1 aromatic heterocycles. The average molecular weight is 302 g/mol. The van der Waals surface area contributed by atoms with Crippen LogP contribution in [0, 0.1) is 13.8 Å². The van der Waals surface area contributed by atoms with Crippen LogP contribution in [0.3, 0.4) is 0 Å². The molecular formula is C18H26N2S. The van der Waals surface area contributed by atoms with E-state index < -0.39 is 0 Å². The van der Waals surface area contributed by atoms with Crippen LogP contribution in [0.5, 0.6) is 0 Å². The average Bonchev–Trinajstić information content (AvgIpc) is 2.81. The zero-order valence-electron chi connectivity index (χ0n) is 13.9. The fourth-order valence-electron chi connectivity index (χ4n) is 2.47. The molecule has 0 spiro atoms. The molecule has 2 nitrogen and oxygen atoms in total. The molecule has 0 aliphatic rings. The smallest absolute Gasteiger partial charge is 0.0972 e. The van der Waals surface area contributed by atoms with Crippen LogP contribution in [0.1, 0.15) is 65.9 Å². The summed E-state index contributed by atoms with van der Waals surface area (Å²) in [7, 11) is 0. The molecule has 2 N–H and O–H groups in total. The molecule has 0 amide bonds. The highest BCUT2D eigenvalue weighted by Crippen LogP contribution is 2.29. The largest absolute Gasteiger partial charge is 0.323 e. The molecule has 2 rings (SSSR count). The first-order valence-electron chi connectivity index (χ1n) is 7.49. The van der Waals surface area contributed by atoms with Crippen LogP contribution < -0.4 is 5.73 Å². The number of thiazole rings is 1. The number of hydrogen-bond donors (Lipinski definition) is 1. The van der Waals surface area contributed by atoms with Crippen LogP contribution in [0.4, 0.5) is 0 Å². The highest BCUT2D eigenvalue weighted by Gasteiger charge is 2.17. The SMILES string of the molecule is Cc1cc(C(C)(C)C)cc(C)c1Cc1ncc(C(C)N)s1. The molecule has 0 aliphatic heterocycles. The van der Waals surface area contributed by atoms with E-state index in [1.165, 1.54) is 22.3 Å². The quantitative estimate of drug-likeness (QED) is 0.895. The predicted octanol–water partition coefficient (Wildman–Crippen LogP) is 4.67. The van der Waals surface area contributed by atoms with Crippen molar-refractivity contribution in [1.82, 2.24) is 4.98 Å². The number of aromatic nitrogens is 1. The van der Waals surface area contributed by atoms with Crippen molar-refractivity contribution in [3.8, 4) is 0 Å². The summed E-state index contributed by atoms with van der Waals surface area (Å²) in [5.41, 5.74) is 11.6. The molecule has 1 unspecified atom stereocenters. The van der Waals surface area contributed by atoms with E-state index >= 15 is 0 Å². The fraction of sp³-hybridized carbons (Fsp3) is 0.500. The van der Waals surface area contributed by atoms with Gasteiger partial charge in [-0.05, 0) is 48.4 Å². The number of nitrogens with two attached hydrogens (primary N) is 1. The van der Waals surface area contributed by atoms with Crippen molar-refractivity contribution in [3.63, 3.8) is 0 Å². The first-order valence-corrected chi connectivity index (χ1v) is 8.31. The normalized spacial score (nSPS) is 13.5. The molecule has 114 valence electrons. The third kappa shape index (κ3) is 3.72. The van der Waals surface area contributed by atoms with E-state index in [0.29, 0.717) is 0 Å². The van der Waals surface area contributed by atoms with E-state index in [9.17, 15) is 0 Å². The van der Waals surface area contributed by atoms with Gasteiger partial charge >= 0.3 is 0 Å². The summed E-state index contributed by atoms with van der Waals surface area (Å²) in [5.74, 6) is 0. The Bertz CT molecular complexity index is 610. The summed E-state index contributed by atoms with van der Waals surface area (Å²) in [4.78, 5) is 5.68. The molecule has 0 bridgehead atoms. The minimum atomic E-state index is 0.0710. The van der Waals surface area contributed by atoms with Gasteiger partial charge in [-0.15, -0.1) is 11.3 Å². The third-order valence-electron chi connectivity index (χ3n) is 3.91. The van der Waals surface area contributed by atoms with Crippen LogP contribution in [-0.4, -0.2) is 4.98 Å². The number of hydrogen-bond acceptors (Lipinski definition) is 3. The predicted molar refractivity (Wildman–Crippen MR) is 92.1 cm³/mol. The Morgan fingerprint density at radius 2 is 1.76 bits per heavy atom. The van der Waals surface area contributed by atoms with E-state index in [-0.39, 0.29) is 11.5 Å². The van der Waals surface area contributed by atoms with E-state index in [2.05, 4.69) is 51.7 Å². The summed E-state index contributed by atoms with van der Waals surface area (Å²) in [6.45, 7) is 13.2. The van der Waals surface area contributed by atoms with Crippen molar-refractivity contribution >= 4 is 11.3 Å². The van der Waals surface area contributed by atoms with Crippen molar-refractivity contribution in [2.45, 2.75) is 59.4 Å². The van der Waals surface area contributed by atoms with Gasteiger partial charge in [-0.25, -0.2) is 4.98 Å². The molecule has 1 aromatic carbocycles. The Morgan fingerprint density at radius 1 is 1.19 bits per heavy atom. The van der Waals surface area contributed by atoms with Gasteiger partial charge in [-0.1, -0.05) is 32.9 Å². The minimum absolute atomic E-state index is 0.0710. The van der Waals surface area contributed by atoms with Crippen molar-refractivity contribution in [3.05, 3.63) is 50.5 Å². The van der Waals surface area contributed by atoms with Gasteiger partial charge in [0.2, 0.25) is 0 Å². The lowest BCUT2D eigenvalue weighted by Gasteiger charge is -2.22. The Labute approximate surface area is 132 Å². The van der Waals surface area contributed by atoms with E-state index in [1.54, 1.807) is 11.3 Å². The lowest BCUT2D eigenvalue weighted by molar-refractivity contribution is 0.589. The Hall–Kier alpha value is -1.19. The van der Waals surface area contributed by atoms with Crippen molar-refractivity contribution in [2.24, 2.45) is 5.73 Å². The van der Waals surface area contributed by atoms with Crippen LogP contribution in [-0.2, 0) is 11.8 Å². The Kier molecular flexibility index (Phi) is 4.54. The second-order valence-electron chi connectivity index (χ2n) is 6.96. The topological polar surface area (TPSA) is 38.9 Å². The Balaban J connectivity index is 2.32. The minimum Gasteiger partial charge on any atom is -0.323 e. The van der Waals surface area contributed by atoms with E-state index in [4.69, 9.17) is 5.73 Å². The molecule has 0 saturated carbocycles. The van der Waals surface area contributed by atoms with Gasteiger partial charge in [0, 0.05) is 23.5 Å². The van der Waals surface area contributed by atoms with Crippen molar-refractivity contribution < 1.29 is 0 Å². The second kappa shape index (κ2) is 5.90. The molecule has 21 heavy (non-hydrogen) atoms. The summed E-state index contributed by atoms with van der Waals surface area (Å²) in [6.07, 6.45) is 2.82. The first kappa shape index (κ1) is 16.2. The van der Waals surface area contributed by atoms with Crippen molar-refractivity contribution in [2.75, 3.05) is 0 Å². The summed E-state index contributed by atoms with van der Waals surface area (Å²) in [5, 5.41) is 1.15. The molecule has 3 heteroatoms. The standard InChI is InChI=1S/C18H26N2S/c1-11-7-14(18(4,5)6)8-12(2)15(11)9-17-20-10-16(21-17)13(3)19/h7-8,10,13H,9,19H2,1-6H3. The molecule has 0 aliphatic carbocycles. The molecular weight excluding hydrogens is 276 g/mol. The molecule has 0 fully saturated rings. The highest BCUT2D eigenvalue weighted by molar-refractivity contribution is 7.11. The monoisotopic (exact) mass is 302 g/mol. The van der Waals surface area contributed by atoms with E-state index in [1.807, 2.05) is 13.1 Å². The van der Waals surface area contributed by atoms with Gasteiger partial charge in [0.15, 0.2) is 0 Å². The maximum Gasteiger partial charge on any atom is 0.0972 e. The number of benzene rings is 1. The Morgan fingerprint density at radius 3 is 2.19 bits per heavy atom. The maximum atomic E-state index is 5.92. The molecule has 1 atom stereocenters. The van der Waals surface area contributed by atoms with Gasteiger partial charge in [0.05, 0.1) is 5.01 Å². The van der Waals surface area contributed by atoms with Gasteiger partial charge in [0.1, 0.15) is 0 Å². The number of aryl methyl sites for hydroxylation is 2. The van der Waals surface area contributed by atoms with Crippen LogP contribution in [0.2, 0.25) is 0 Å². The van der Waals surface area contributed by atoms with E-state index in [0.717, 1.165) is 16.3 Å². The second-order valence-corrected chi connectivity index (χ2v) is 8.11.